The molecule has 2 N–H and O–H groups in total. The van der Waals surface area contributed by atoms with Gasteiger partial charge in [-0.25, -0.2) is 4.79 Å². The molecule has 0 atom stereocenters. The first-order valence-electron chi connectivity index (χ1n) is 6.43. The van der Waals surface area contributed by atoms with Gasteiger partial charge in [-0.05, 0) is 25.0 Å². The second kappa shape index (κ2) is 4.26. The van der Waals surface area contributed by atoms with Gasteiger partial charge in [0.05, 0.1) is 11.1 Å². The minimum Gasteiger partial charge on any atom is -0.489 e. The molecule has 1 spiro atoms. The Kier molecular flexibility index (Phi) is 2.69. The van der Waals surface area contributed by atoms with Gasteiger partial charge < -0.3 is 15.2 Å². The highest BCUT2D eigenvalue weighted by atomic mass is 16.5. The number of hydrogen-bond acceptors (Lipinski definition) is 3. The molecule has 1 amide bonds. The summed E-state index contributed by atoms with van der Waals surface area (Å²) < 4.78 is 5.68. The minimum absolute atomic E-state index is 0.0497. The standard InChI is InChI=1S/C14H15NO4/c16-12(17)9-4-3-5-10-11(9)19-8-14(13(18)15-10)6-1-2-7-14/h3-5H,1-2,6-8H2,(H,15,18)(H,16,17). The third kappa shape index (κ3) is 1.85. The Morgan fingerprint density at radius 2 is 2.05 bits per heavy atom. The van der Waals surface area contributed by atoms with Crippen LogP contribution in [0.3, 0.4) is 0 Å². The van der Waals surface area contributed by atoms with Crippen molar-refractivity contribution in [1.82, 2.24) is 0 Å². The van der Waals surface area contributed by atoms with E-state index in [0.717, 1.165) is 25.7 Å². The number of nitrogens with one attached hydrogen (secondary N) is 1. The molecule has 1 heterocycles. The number of carboxylic acids is 1. The molecule has 1 aromatic rings. The van der Waals surface area contributed by atoms with E-state index in [1.54, 1.807) is 12.1 Å². The molecule has 0 unspecified atom stereocenters. The van der Waals surface area contributed by atoms with Gasteiger partial charge in [-0.3, -0.25) is 4.79 Å². The number of carbonyl (C=O) groups is 2. The van der Waals surface area contributed by atoms with Crippen molar-refractivity contribution < 1.29 is 19.4 Å². The van der Waals surface area contributed by atoms with Gasteiger partial charge in [-0.1, -0.05) is 18.9 Å². The summed E-state index contributed by atoms with van der Waals surface area (Å²) in [6, 6.07) is 4.77. The largest absolute Gasteiger partial charge is 0.489 e. The number of anilines is 1. The summed E-state index contributed by atoms with van der Waals surface area (Å²) in [4.78, 5) is 23.5. The number of ether oxygens (including phenoxy) is 1. The quantitative estimate of drug-likeness (QED) is 0.813. The Morgan fingerprint density at radius 1 is 1.32 bits per heavy atom. The van der Waals surface area contributed by atoms with E-state index in [1.807, 2.05) is 0 Å². The smallest absolute Gasteiger partial charge is 0.339 e. The third-order valence-electron chi connectivity index (χ3n) is 4.03. The normalized spacial score (nSPS) is 20.3. The van der Waals surface area contributed by atoms with Gasteiger partial charge in [0.1, 0.15) is 12.2 Å². The predicted molar refractivity (Wildman–Crippen MR) is 68.4 cm³/mol. The van der Waals surface area contributed by atoms with Gasteiger partial charge in [0.15, 0.2) is 5.75 Å². The lowest BCUT2D eigenvalue weighted by molar-refractivity contribution is -0.126. The molecule has 1 saturated carbocycles. The van der Waals surface area contributed by atoms with Gasteiger partial charge in [-0.2, -0.15) is 0 Å². The highest BCUT2D eigenvalue weighted by molar-refractivity contribution is 6.01. The lowest BCUT2D eigenvalue weighted by atomic mass is 9.86. The molecule has 0 saturated heterocycles. The van der Waals surface area contributed by atoms with Crippen molar-refractivity contribution in [3.05, 3.63) is 23.8 Å². The number of rotatable bonds is 1. The first-order valence-corrected chi connectivity index (χ1v) is 6.43. The van der Waals surface area contributed by atoms with Crippen molar-refractivity contribution in [2.24, 2.45) is 5.41 Å². The summed E-state index contributed by atoms with van der Waals surface area (Å²) in [5.41, 5.74) is 0.0518. The lowest BCUT2D eigenvalue weighted by Crippen LogP contribution is -2.37. The number of para-hydroxylation sites is 1. The summed E-state index contributed by atoms with van der Waals surface area (Å²) in [7, 11) is 0. The number of hydrogen-bond donors (Lipinski definition) is 2. The van der Waals surface area contributed by atoms with Gasteiger partial charge in [0, 0.05) is 0 Å². The van der Waals surface area contributed by atoms with E-state index >= 15 is 0 Å². The van der Waals surface area contributed by atoms with Gasteiger partial charge in [-0.15, -0.1) is 0 Å². The molecule has 3 rings (SSSR count). The first-order chi connectivity index (χ1) is 9.12. The molecule has 100 valence electrons. The topological polar surface area (TPSA) is 75.6 Å². The summed E-state index contributed by atoms with van der Waals surface area (Å²) in [6.45, 7) is 0.260. The first kappa shape index (κ1) is 12.0. The van der Waals surface area contributed by atoms with E-state index in [9.17, 15) is 9.59 Å². The Labute approximate surface area is 110 Å². The second-order valence-corrected chi connectivity index (χ2v) is 5.22. The average molecular weight is 261 g/mol. The lowest BCUT2D eigenvalue weighted by Gasteiger charge is -2.23. The maximum atomic E-state index is 12.3. The molecule has 0 bridgehead atoms. The van der Waals surface area contributed by atoms with Crippen LogP contribution in [0.15, 0.2) is 18.2 Å². The highest BCUT2D eigenvalue weighted by Gasteiger charge is 2.44. The summed E-state index contributed by atoms with van der Waals surface area (Å²) >= 11 is 0. The maximum absolute atomic E-state index is 12.3. The van der Waals surface area contributed by atoms with Crippen LogP contribution in [-0.4, -0.2) is 23.6 Å². The third-order valence-corrected chi connectivity index (χ3v) is 4.03. The number of fused-ring (bicyclic) bond motifs is 1. The molecule has 19 heavy (non-hydrogen) atoms. The fourth-order valence-electron chi connectivity index (χ4n) is 2.91. The van der Waals surface area contributed by atoms with Crippen molar-refractivity contribution >= 4 is 17.6 Å². The van der Waals surface area contributed by atoms with Gasteiger partial charge in [0.25, 0.3) is 0 Å². The van der Waals surface area contributed by atoms with Crippen LogP contribution in [0, 0.1) is 5.41 Å². The van der Waals surface area contributed by atoms with Gasteiger partial charge in [0.2, 0.25) is 5.91 Å². The molecule has 1 fully saturated rings. The number of aromatic carboxylic acids is 1. The molecule has 1 aliphatic heterocycles. The summed E-state index contributed by atoms with van der Waals surface area (Å²) in [6.07, 6.45) is 3.63. The highest BCUT2D eigenvalue weighted by Crippen LogP contribution is 2.43. The average Bonchev–Trinajstić information content (AvgIpc) is 2.81. The number of carbonyl (C=O) groups excluding carboxylic acids is 1. The Morgan fingerprint density at radius 3 is 2.74 bits per heavy atom. The van der Waals surface area contributed by atoms with E-state index in [-0.39, 0.29) is 23.8 Å². The van der Waals surface area contributed by atoms with E-state index in [2.05, 4.69) is 5.32 Å². The van der Waals surface area contributed by atoms with Crippen LogP contribution in [0.2, 0.25) is 0 Å². The maximum Gasteiger partial charge on any atom is 0.339 e. The van der Waals surface area contributed by atoms with Crippen LogP contribution >= 0.6 is 0 Å². The molecule has 2 aliphatic rings. The van der Waals surface area contributed by atoms with Gasteiger partial charge >= 0.3 is 5.97 Å². The minimum atomic E-state index is -1.05. The van der Waals surface area contributed by atoms with Crippen LogP contribution in [0.5, 0.6) is 5.75 Å². The molecule has 5 nitrogen and oxygen atoms in total. The zero-order chi connectivity index (χ0) is 13.5. The SMILES string of the molecule is O=C(O)c1cccc2c1OCC1(CCCC1)C(=O)N2. The van der Waals surface area contributed by atoms with E-state index in [0.29, 0.717) is 5.69 Å². The van der Waals surface area contributed by atoms with Crippen molar-refractivity contribution in [1.29, 1.82) is 0 Å². The molecule has 1 aromatic carbocycles. The van der Waals surface area contributed by atoms with Crippen molar-refractivity contribution in [3.63, 3.8) is 0 Å². The molecule has 1 aliphatic carbocycles. The number of amides is 1. The van der Waals surface area contributed by atoms with Crippen molar-refractivity contribution in [3.8, 4) is 5.75 Å². The van der Waals surface area contributed by atoms with Crippen LogP contribution in [0.1, 0.15) is 36.0 Å². The van der Waals surface area contributed by atoms with Crippen molar-refractivity contribution in [2.45, 2.75) is 25.7 Å². The molecule has 5 heteroatoms. The van der Waals surface area contributed by atoms with Crippen LogP contribution < -0.4 is 10.1 Å². The van der Waals surface area contributed by atoms with Crippen molar-refractivity contribution in [2.75, 3.05) is 11.9 Å². The fourth-order valence-corrected chi connectivity index (χ4v) is 2.91. The summed E-state index contributed by atoms with van der Waals surface area (Å²) in [5, 5.41) is 12.0. The Hall–Kier alpha value is -2.04. The molecule has 0 radical (unpaired) electrons. The molecular weight excluding hydrogens is 246 g/mol. The molecule has 0 aromatic heterocycles. The predicted octanol–water partition coefficient (Wildman–Crippen LogP) is 2.28. The Balaban J connectivity index is 2.01. The zero-order valence-electron chi connectivity index (χ0n) is 10.4. The Bertz CT molecular complexity index is 546. The van der Waals surface area contributed by atoms with E-state index in [4.69, 9.17) is 9.84 Å². The fraction of sp³-hybridized carbons (Fsp3) is 0.429. The zero-order valence-corrected chi connectivity index (χ0v) is 10.4. The monoisotopic (exact) mass is 261 g/mol. The van der Waals surface area contributed by atoms with Crippen LogP contribution in [-0.2, 0) is 4.79 Å². The van der Waals surface area contributed by atoms with E-state index < -0.39 is 11.4 Å². The van der Waals surface area contributed by atoms with E-state index in [1.165, 1.54) is 6.07 Å². The number of benzene rings is 1. The van der Waals surface area contributed by atoms with Crippen LogP contribution in [0.25, 0.3) is 0 Å². The van der Waals surface area contributed by atoms with Crippen LogP contribution in [0.4, 0.5) is 5.69 Å². The number of carboxylic acid groups (broad SMARTS) is 1. The summed E-state index contributed by atoms with van der Waals surface area (Å²) in [5.74, 6) is -0.827. The molecular formula is C14H15NO4. The second-order valence-electron chi connectivity index (χ2n) is 5.22.